The van der Waals surface area contributed by atoms with Gasteiger partial charge in [-0.2, -0.15) is 0 Å². The predicted octanol–water partition coefficient (Wildman–Crippen LogP) is 6.92. The highest BCUT2D eigenvalue weighted by Crippen LogP contribution is 2.29. The number of hydrogen-bond donors (Lipinski definition) is 0. The van der Waals surface area contributed by atoms with Crippen LogP contribution in [-0.4, -0.2) is 71.5 Å². The molecule has 0 aliphatic carbocycles. The molecular formula is C35H33Cl2N5O4. The van der Waals surface area contributed by atoms with Gasteiger partial charge in [-0.15, -0.1) is 0 Å². The summed E-state index contributed by atoms with van der Waals surface area (Å²) in [6.45, 7) is 3.80. The van der Waals surface area contributed by atoms with Crippen LogP contribution >= 0.6 is 23.2 Å². The molecular weight excluding hydrogens is 625 g/mol. The molecule has 0 radical (unpaired) electrons. The number of benzene rings is 3. The molecule has 5 aromatic rings. The molecule has 3 aromatic carbocycles. The summed E-state index contributed by atoms with van der Waals surface area (Å²) in [5.74, 6) is 1.58. The maximum Gasteiger partial charge on any atom is 0.270 e. The zero-order valence-corrected chi connectivity index (χ0v) is 27.3. The first-order chi connectivity index (χ1) is 22.2. The Labute approximate surface area is 277 Å². The second-order valence-electron chi connectivity index (χ2n) is 11.2. The first-order valence-electron chi connectivity index (χ1n) is 14.8. The van der Waals surface area contributed by atoms with Crippen LogP contribution in [0.25, 0.3) is 10.9 Å². The summed E-state index contributed by atoms with van der Waals surface area (Å²) >= 11 is 12.1. The highest BCUT2D eigenvalue weighted by atomic mass is 35.5. The fourth-order valence-corrected chi connectivity index (χ4v) is 5.85. The van der Waals surface area contributed by atoms with Crippen LogP contribution in [0.4, 0.5) is 5.69 Å². The van der Waals surface area contributed by atoms with Crippen LogP contribution in [-0.2, 0) is 13.6 Å². The number of carbonyl (C=O) groups is 2. The lowest BCUT2D eigenvalue weighted by atomic mass is 10.2. The van der Waals surface area contributed by atoms with E-state index in [1.165, 1.54) is 16.5 Å². The summed E-state index contributed by atoms with van der Waals surface area (Å²) in [6.07, 6.45) is 1.57. The van der Waals surface area contributed by atoms with E-state index in [-0.39, 0.29) is 11.8 Å². The Bertz CT molecular complexity index is 1880. The standard InChI is InChI=1S/C35H33Cl2N5O4/c1-39(34(43)24-6-11-29(36)30(37)19-24)26-7-13-33(38-21-26)46-28-10-12-31-25(18-28)20-32(40(31)2)35(44)42-16-14-41(15-17-42)22-23-4-8-27(45-3)9-5-23/h4-13,18-21H,14-17,22H2,1-3H3. The number of halogens is 2. The quantitative estimate of drug-likeness (QED) is 0.180. The molecule has 0 spiro atoms. The Morgan fingerprint density at radius 2 is 1.61 bits per heavy atom. The lowest BCUT2D eigenvalue weighted by molar-refractivity contribution is 0.0619. The van der Waals surface area contributed by atoms with Gasteiger partial charge in [0.25, 0.3) is 11.8 Å². The van der Waals surface area contributed by atoms with E-state index in [0.717, 1.165) is 36.3 Å². The molecule has 6 rings (SSSR count). The molecule has 2 aromatic heterocycles. The largest absolute Gasteiger partial charge is 0.497 e. The van der Waals surface area contributed by atoms with Crippen molar-refractivity contribution >= 4 is 51.6 Å². The molecule has 9 nitrogen and oxygen atoms in total. The van der Waals surface area contributed by atoms with Gasteiger partial charge in [0.15, 0.2) is 0 Å². The van der Waals surface area contributed by atoms with Gasteiger partial charge < -0.3 is 23.8 Å². The molecule has 1 saturated heterocycles. The van der Waals surface area contributed by atoms with Crippen LogP contribution in [0.15, 0.2) is 85.1 Å². The highest BCUT2D eigenvalue weighted by molar-refractivity contribution is 6.42. The van der Waals surface area contributed by atoms with Gasteiger partial charge in [-0.05, 0) is 66.2 Å². The van der Waals surface area contributed by atoms with Crippen LogP contribution < -0.4 is 14.4 Å². The monoisotopic (exact) mass is 657 g/mol. The van der Waals surface area contributed by atoms with Gasteiger partial charge in [0.1, 0.15) is 17.2 Å². The van der Waals surface area contributed by atoms with Crippen LogP contribution in [0.1, 0.15) is 26.4 Å². The molecule has 0 N–H and O–H groups in total. The van der Waals surface area contributed by atoms with Gasteiger partial charge in [-0.25, -0.2) is 4.98 Å². The fourth-order valence-electron chi connectivity index (χ4n) is 5.55. The molecule has 0 unspecified atom stereocenters. The second kappa shape index (κ2) is 13.4. The van der Waals surface area contributed by atoms with E-state index >= 15 is 0 Å². The van der Waals surface area contributed by atoms with Crippen molar-refractivity contribution in [3.63, 3.8) is 0 Å². The summed E-state index contributed by atoms with van der Waals surface area (Å²) in [7, 11) is 5.23. The number of aryl methyl sites for hydroxylation is 1. The maximum atomic E-state index is 13.5. The molecule has 11 heteroatoms. The van der Waals surface area contributed by atoms with Gasteiger partial charge in [-0.1, -0.05) is 35.3 Å². The third kappa shape index (κ3) is 6.67. The fraction of sp³-hybridized carbons (Fsp3) is 0.229. The lowest BCUT2D eigenvalue weighted by Gasteiger charge is -2.34. The van der Waals surface area contributed by atoms with Crippen molar-refractivity contribution in [1.29, 1.82) is 0 Å². The van der Waals surface area contributed by atoms with Crippen molar-refractivity contribution in [3.8, 4) is 17.4 Å². The number of hydrogen-bond acceptors (Lipinski definition) is 6. The van der Waals surface area contributed by atoms with E-state index < -0.39 is 0 Å². The molecule has 1 aliphatic rings. The number of pyridine rings is 1. The third-order valence-electron chi connectivity index (χ3n) is 8.26. The number of anilines is 1. The summed E-state index contributed by atoms with van der Waals surface area (Å²) < 4.78 is 13.2. The molecule has 236 valence electrons. The Hall–Kier alpha value is -4.57. The van der Waals surface area contributed by atoms with E-state index in [2.05, 4.69) is 22.0 Å². The van der Waals surface area contributed by atoms with E-state index in [9.17, 15) is 9.59 Å². The number of rotatable bonds is 8. The summed E-state index contributed by atoms with van der Waals surface area (Å²) in [4.78, 5) is 36.6. The van der Waals surface area contributed by atoms with Crippen LogP contribution in [0.2, 0.25) is 10.0 Å². The van der Waals surface area contributed by atoms with E-state index in [4.69, 9.17) is 32.7 Å². The number of ether oxygens (including phenoxy) is 2. The van der Waals surface area contributed by atoms with Crippen LogP contribution in [0.5, 0.6) is 17.4 Å². The molecule has 0 bridgehead atoms. The average molecular weight is 659 g/mol. The normalized spacial score (nSPS) is 13.5. The zero-order valence-electron chi connectivity index (χ0n) is 25.7. The maximum absolute atomic E-state index is 13.5. The van der Waals surface area contributed by atoms with Gasteiger partial charge in [0, 0.05) is 69.4 Å². The number of carbonyl (C=O) groups excluding carboxylic acids is 2. The Morgan fingerprint density at radius 1 is 0.870 bits per heavy atom. The Kier molecular flexibility index (Phi) is 9.17. The van der Waals surface area contributed by atoms with Gasteiger partial charge >= 0.3 is 0 Å². The number of amides is 2. The lowest BCUT2D eigenvalue weighted by Crippen LogP contribution is -2.48. The molecule has 1 fully saturated rings. The van der Waals surface area contributed by atoms with Crippen molar-refractivity contribution < 1.29 is 19.1 Å². The molecule has 3 heterocycles. The topological polar surface area (TPSA) is 80.1 Å². The predicted molar refractivity (Wildman–Crippen MR) is 181 cm³/mol. The van der Waals surface area contributed by atoms with Crippen molar-refractivity contribution in [2.45, 2.75) is 6.54 Å². The molecule has 2 amide bonds. The SMILES string of the molecule is COc1ccc(CN2CCN(C(=O)c3cc4cc(Oc5ccc(N(C)C(=O)c6ccc(Cl)c(Cl)c6)cn5)ccc4n3C)CC2)cc1. The summed E-state index contributed by atoms with van der Waals surface area (Å²) in [5, 5.41) is 1.59. The highest BCUT2D eigenvalue weighted by Gasteiger charge is 2.25. The molecule has 0 saturated carbocycles. The zero-order chi connectivity index (χ0) is 32.4. The number of nitrogens with zero attached hydrogens (tertiary/aromatic N) is 5. The number of methoxy groups -OCH3 is 1. The van der Waals surface area contributed by atoms with E-state index in [0.29, 0.717) is 51.7 Å². The van der Waals surface area contributed by atoms with Crippen LogP contribution in [0, 0.1) is 0 Å². The van der Waals surface area contributed by atoms with Crippen molar-refractivity contribution in [1.82, 2.24) is 19.4 Å². The molecule has 0 atom stereocenters. The van der Waals surface area contributed by atoms with Crippen molar-refractivity contribution in [3.05, 3.63) is 112 Å². The van der Waals surface area contributed by atoms with Gasteiger partial charge in [0.2, 0.25) is 5.88 Å². The minimum Gasteiger partial charge on any atom is -0.497 e. The number of fused-ring (bicyclic) bond motifs is 1. The minimum atomic E-state index is -0.246. The van der Waals surface area contributed by atoms with Gasteiger partial charge in [0.05, 0.1) is 29.0 Å². The number of aromatic nitrogens is 2. The Balaban J connectivity index is 1.08. The third-order valence-corrected chi connectivity index (χ3v) is 9.00. The van der Waals surface area contributed by atoms with Crippen molar-refractivity contribution in [2.24, 2.45) is 7.05 Å². The van der Waals surface area contributed by atoms with Crippen LogP contribution in [0.3, 0.4) is 0 Å². The smallest absolute Gasteiger partial charge is 0.270 e. The first kappa shape index (κ1) is 31.4. The van der Waals surface area contributed by atoms with Gasteiger partial charge in [-0.3, -0.25) is 14.5 Å². The molecule has 46 heavy (non-hydrogen) atoms. The van der Waals surface area contributed by atoms with E-state index in [1.807, 2.05) is 52.9 Å². The first-order valence-corrected chi connectivity index (χ1v) is 15.6. The summed E-state index contributed by atoms with van der Waals surface area (Å²) in [5.41, 5.74) is 3.79. The minimum absolute atomic E-state index is 0.0158. The van der Waals surface area contributed by atoms with Crippen molar-refractivity contribution in [2.75, 3.05) is 45.2 Å². The van der Waals surface area contributed by atoms with E-state index in [1.54, 1.807) is 44.6 Å². The Morgan fingerprint density at radius 3 is 2.28 bits per heavy atom. The second-order valence-corrected chi connectivity index (χ2v) is 12.0. The molecule has 1 aliphatic heterocycles. The average Bonchev–Trinajstić information content (AvgIpc) is 3.41. The number of piperazine rings is 1. The summed E-state index contributed by atoms with van der Waals surface area (Å²) in [6, 6.07) is 23.9.